The number of para-hydroxylation sites is 1. The van der Waals surface area contributed by atoms with Crippen molar-refractivity contribution in [1.29, 1.82) is 0 Å². The molecule has 1 aliphatic rings. The normalized spacial score (nSPS) is 13.2. The lowest BCUT2D eigenvalue weighted by molar-refractivity contribution is 0.0597. The number of hydrogen-bond acceptors (Lipinski definition) is 5. The van der Waals surface area contributed by atoms with Gasteiger partial charge in [0, 0.05) is 11.1 Å². The Morgan fingerprint density at radius 3 is 2.00 bits per heavy atom. The van der Waals surface area contributed by atoms with Crippen LogP contribution in [-0.4, -0.2) is 30.4 Å². The molecule has 0 unspecified atom stereocenters. The molecule has 0 aromatic heterocycles. The number of ether oxygens (including phenoxy) is 1. The molecule has 0 bridgehead atoms. The van der Waals surface area contributed by atoms with E-state index in [0.717, 1.165) is 10.5 Å². The molecule has 32 heavy (non-hydrogen) atoms. The van der Waals surface area contributed by atoms with Crippen LogP contribution in [-0.2, 0) is 4.74 Å². The maximum atomic E-state index is 13.7. The number of carbonyl (C=O) groups excluding carboxylic acids is 3. The third-order valence-electron chi connectivity index (χ3n) is 5.17. The number of methoxy groups -OCH3 is 1. The molecule has 0 radical (unpaired) electrons. The van der Waals surface area contributed by atoms with Crippen molar-refractivity contribution in [3.05, 3.63) is 83.4 Å². The summed E-state index contributed by atoms with van der Waals surface area (Å²) in [4.78, 5) is 41.0. The maximum Gasteiger partial charge on any atom is 0.338 e. The molecule has 2 amide bonds. The van der Waals surface area contributed by atoms with E-state index in [-0.39, 0.29) is 16.7 Å². The first-order chi connectivity index (χ1) is 15.2. The van der Waals surface area contributed by atoms with Crippen LogP contribution < -0.4 is 10.2 Å². The van der Waals surface area contributed by atoms with Crippen molar-refractivity contribution in [2.45, 2.75) is 26.3 Å². The van der Waals surface area contributed by atoms with Gasteiger partial charge in [-0.05, 0) is 44.5 Å². The number of hydrogen-bond donors (Lipinski definition) is 1. The molecule has 3 aromatic carbocycles. The van der Waals surface area contributed by atoms with E-state index >= 15 is 0 Å². The van der Waals surface area contributed by atoms with Crippen molar-refractivity contribution in [2.24, 2.45) is 0 Å². The Balaban J connectivity index is 2.06. The molecule has 162 valence electrons. The predicted molar refractivity (Wildman–Crippen MR) is 124 cm³/mol. The Morgan fingerprint density at radius 1 is 0.875 bits per heavy atom. The second kappa shape index (κ2) is 7.96. The van der Waals surface area contributed by atoms with Crippen LogP contribution in [0.15, 0.2) is 66.7 Å². The molecule has 1 heterocycles. The summed E-state index contributed by atoms with van der Waals surface area (Å²) in [5, 5.41) is 3.40. The van der Waals surface area contributed by atoms with E-state index in [1.807, 2.05) is 57.2 Å². The van der Waals surface area contributed by atoms with Crippen LogP contribution in [0.1, 0.15) is 51.8 Å². The fraction of sp³-hybridized carbons (Fsp3) is 0.192. The van der Waals surface area contributed by atoms with E-state index in [2.05, 4.69) is 5.32 Å². The quantitative estimate of drug-likeness (QED) is 0.459. The lowest BCUT2D eigenvalue weighted by Crippen LogP contribution is -2.30. The van der Waals surface area contributed by atoms with Crippen LogP contribution >= 0.6 is 0 Å². The van der Waals surface area contributed by atoms with Crippen molar-refractivity contribution in [2.75, 3.05) is 17.3 Å². The van der Waals surface area contributed by atoms with E-state index < -0.39 is 23.3 Å². The molecule has 1 N–H and O–H groups in total. The van der Waals surface area contributed by atoms with Gasteiger partial charge in [0.15, 0.2) is 0 Å². The van der Waals surface area contributed by atoms with Crippen LogP contribution in [0.2, 0.25) is 0 Å². The van der Waals surface area contributed by atoms with Crippen molar-refractivity contribution < 1.29 is 19.1 Å². The summed E-state index contributed by atoms with van der Waals surface area (Å²) in [6.45, 7) is 5.91. The minimum Gasteiger partial charge on any atom is -0.465 e. The number of nitrogens with one attached hydrogen (secondary N) is 1. The average molecular weight is 428 g/mol. The number of carbonyl (C=O) groups is 3. The summed E-state index contributed by atoms with van der Waals surface area (Å²) in [5.41, 5.74) is 2.31. The zero-order chi connectivity index (χ0) is 23.0. The first-order valence-electron chi connectivity index (χ1n) is 10.3. The van der Waals surface area contributed by atoms with Crippen LogP contribution in [0.25, 0.3) is 11.1 Å². The number of imide groups is 1. The molecular weight excluding hydrogens is 404 g/mol. The van der Waals surface area contributed by atoms with Gasteiger partial charge in [-0.25, -0.2) is 9.69 Å². The minimum atomic E-state index is -0.670. The molecular formula is C26H24N2O4. The number of amides is 2. The van der Waals surface area contributed by atoms with Crippen molar-refractivity contribution in [3.63, 3.8) is 0 Å². The van der Waals surface area contributed by atoms with Crippen molar-refractivity contribution in [1.82, 2.24) is 0 Å². The smallest absolute Gasteiger partial charge is 0.338 e. The number of esters is 1. The minimum absolute atomic E-state index is 0.0529. The summed E-state index contributed by atoms with van der Waals surface area (Å²) in [5.74, 6) is -1.70. The van der Waals surface area contributed by atoms with E-state index in [0.29, 0.717) is 16.9 Å². The molecule has 3 aromatic rings. The molecule has 0 saturated carbocycles. The topological polar surface area (TPSA) is 75.7 Å². The number of anilines is 2. The Hall–Kier alpha value is -3.93. The summed E-state index contributed by atoms with van der Waals surface area (Å²) in [7, 11) is 1.26. The highest BCUT2D eigenvalue weighted by Gasteiger charge is 2.43. The molecule has 0 spiro atoms. The van der Waals surface area contributed by atoms with Gasteiger partial charge in [-0.15, -0.1) is 0 Å². The first-order valence-corrected chi connectivity index (χ1v) is 10.3. The Kier molecular flexibility index (Phi) is 5.30. The van der Waals surface area contributed by atoms with Crippen molar-refractivity contribution in [3.8, 4) is 11.1 Å². The third kappa shape index (κ3) is 3.64. The lowest BCUT2D eigenvalue weighted by atomic mass is 9.91. The molecule has 4 rings (SSSR count). The zero-order valence-electron chi connectivity index (χ0n) is 18.4. The summed E-state index contributed by atoms with van der Waals surface area (Å²) in [6.07, 6.45) is 0. The van der Waals surface area contributed by atoms with Gasteiger partial charge < -0.3 is 10.1 Å². The predicted octanol–water partition coefficient (Wildman–Crippen LogP) is 5.15. The van der Waals surface area contributed by atoms with E-state index in [1.54, 1.807) is 30.3 Å². The van der Waals surface area contributed by atoms with Gasteiger partial charge in [0.1, 0.15) is 0 Å². The lowest BCUT2D eigenvalue weighted by Gasteiger charge is -2.26. The number of fused-ring (bicyclic) bond motifs is 1. The third-order valence-corrected chi connectivity index (χ3v) is 5.17. The number of rotatable bonds is 4. The van der Waals surface area contributed by atoms with Gasteiger partial charge in [0.25, 0.3) is 11.8 Å². The van der Waals surface area contributed by atoms with Gasteiger partial charge in [-0.2, -0.15) is 0 Å². The molecule has 6 nitrogen and oxygen atoms in total. The van der Waals surface area contributed by atoms with Crippen LogP contribution in [0, 0.1) is 0 Å². The van der Waals surface area contributed by atoms with E-state index in [4.69, 9.17) is 4.74 Å². The number of benzene rings is 3. The Labute approximate surface area is 186 Å². The average Bonchev–Trinajstić information content (AvgIpc) is 3.04. The number of nitrogens with zero attached hydrogens (tertiary/aromatic N) is 1. The second-order valence-electron chi connectivity index (χ2n) is 8.61. The zero-order valence-corrected chi connectivity index (χ0v) is 18.4. The molecule has 0 atom stereocenters. The molecule has 0 fully saturated rings. The van der Waals surface area contributed by atoms with Crippen LogP contribution in [0.5, 0.6) is 0 Å². The molecule has 1 aliphatic heterocycles. The first kappa shape index (κ1) is 21.3. The fourth-order valence-electron chi connectivity index (χ4n) is 3.87. The maximum absolute atomic E-state index is 13.7. The summed E-state index contributed by atoms with van der Waals surface area (Å²) >= 11 is 0. The monoisotopic (exact) mass is 428 g/mol. The molecule has 0 aliphatic carbocycles. The Bertz CT molecular complexity index is 1210. The van der Waals surface area contributed by atoms with Gasteiger partial charge in [0.2, 0.25) is 0 Å². The molecule has 6 heteroatoms. The standard InChI is InChI=1S/C26H24N2O4/c1-26(2,3)27-22-18(16-11-7-5-8-12-16)15-19(25(31)32-4)20-21(22)24(30)28(23(20)29)17-13-9-6-10-14-17/h5-15,27H,1-4H3. The highest BCUT2D eigenvalue weighted by atomic mass is 16.5. The van der Waals surface area contributed by atoms with Gasteiger partial charge in [-0.3, -0.25) is 9.59 Å². The Morgan fingerprint density at radius 2 is 1.44 bits per heavy atom. The van der Waals surface area contributed by atoms with E-state index in [9.17, 15) is 14.4 Å². The van der Waals surface area contributed by atoms with Crippen LogP contribution in [0.3, 0.4) is 0 Å². The second-order valence-corrected chi connectivity index (χ2v) is 8.61. The van der Waals surface area contributed by atoms with Gasteiger partial charge >= 0.3 is 5.97 Å². The highest BCUT2D eigenvalue weighted by molar-refractivity contribution is 6.38. The van der Waals surface area contributed by atoms with Crippen molar-refractivity contribution >= 4 is 29.2 Å². The summed E-state index contributed by atoms with van der Waals surface area (Å²) in [6, 6.07) is 19.8. The van der Waals surface area contributed by atoms with Gasteiger partial charge in [0.05, 0.1) is 35.2 Å². The highest BCUT2D eigenvalue weighted by Crippen LogP contribution is 2.42. The largest absolute Gasteiger partial charge is 0.465 e. The molecule has 0 saturated heterocycles. The summed E-state index contributed by atoms with van der Waals surface area (Å²) < 4.78 is 4.98. The van der Waals surface area contributed by atoms with E-state index in [1.165, 1.54) is 7.11 Å². The van der Waals surface area contributed by atoms with Gasteiger partial charge in [-0.1, -0.05) is 48.5 Å². The SMILES string of the molecule is COC(=O)c1cc(-c2ccccc2)c(NC(C)(C)C)c2c1C(=O)N(c1ccccc1)C2=O. The van der Waals surface area contributed by atoms with Crippen LogP contribution in [0.4, 0.5) is 11.4 Å². The fourth-order valence-corrected chi connectivity index (χ4v) is 3.87.